The molecule has 0 unspecified atom stereocenters. The van der Waals surface area contributed by atoms with Crippen LogP contribution in [0.4, 0.5) is 0 Å². The first-order chi connectivity index (χ1) is 15.4. The second-order valence-electron chi connectivity index (χ2n) is 8.86. The molecule has 180 valence electrons. The lowest BCUT2D eigenvalue weighted by molar-refractivity contribution is -0.0503. The van der Waals surface area contributed by atoms with E-state index in [1.54, 1.807) is 12.4 Å². The molecule has 0 aliphatic rings. The van der Waals surface area contributed by atoms with Crippen molar-refractivity contribution >= 4 is 0 Å². The smallest absolute Gasteiger partial charge is 0.104 e. The van der Waals surface area contributed by atoms with Gasteiger partial charge in [-0.25, -0.2) is 0 Å². The number of rotatable bonds is 23. The first kappa shape index (κ1) is 28.1. The number of nitrogens with zero attached hydrogens (tertiary/aromatic N) is 1. The molecule has 1 aromatic heterocycles. The molecule has 1 heterocycles. The van der Waals surface area contributed by atoms with E-state index < -0.39 is 0 Å². The molecule has 1 N–H and O–H groups in total. The molecule has 0 fully saturated rings. The highest BCUT2D eigenvalue weighted by Crippen LogP contribution is 2.13. The Morgan fingerprint density at radius 2 is 1.35 bits per heavy atom. The summed E-state index contributed by atoms with van der Waals surface area (Å²) in [5.41, 5.74) is 1.01. The number of aliphatic hydroxyl groups excluding tert-OH is 1. The standard InChI is InChI=1S/C27H49NO3/c1-2-3-4-5-6-7-8-9-10-11-12-13-14-15-16-17-21-30-25-27(23-29)31-24-26-19-18-20-28-22-26/h18-20,22,27,29H,2-17,21,23-25H2,1H3/t27-/m0/s1. The lowest BCUT2D eigenvalue weighted by Gasteiger charge is -2.15. The lowest BCUT2D eigenvalue weighted by Crippen LogP contribution is -2.24. The van der Waals surface area contributed by atoms with Gasteiger partial charge < -0.3 is 14.6 Å². The molecule has 0 aromatic carbocycles. The Kier molecular flexibility index (Phi) is 20.1. The SMILES string of the molecule is CCCCCCCCCCCCCCCCCCOC[C@H](CO)OCc1cccnc1. The van der Waals surface area contributed by atoms with Crippen molar-refractivity contribution in [1.29, 1.82) is 0 Å². The summed E-state index contributed by atoms with van der Waals surface area (Å²) >= 11 is 0. The number of unbranched alkanes of at least 4 members (excludes halogenated alkanes) is 15. The molecule has 1 rings (SSSR count). The first-order valence-corrected chi connectivity index (χ1v) is 13.1. The van der Waals surface area contributed by atoms with E-state index in [1.807, 2.05) is 12.1 Å². The van der Waals surface area contributed by atoms with Crippen LogP contribution in [0.1, 0.15) is 115 Å². The zero-order valence-electron chi connectivity index (χ0n) is 20.2. The van der Waals surface area contributed by atoms with E-state index in [-0.39, 0.29) is 12.7 Å². The third-order valence-corrected chi connectivity index (χ3v) is 5.86. The van der Waals surface area contributed by atoms with Crippen molar-refractivity contribution in [2.45, 2.75) is 122 Å². The van der Waals surface area contributed by atoms with E-state index >= 15 is 0 Å². The van der Waals surface area contributed by atoms with Crippen LogP contribution in [0, 0.1) is 0 Å². The molecule has 1 aromatic rings. The topological polar surface area (TPSA) is 51.6 Å². The fourth-order valence-electron chi connectivity index (χ4n) is 3.82. The molecule has 1 atom stereocenters. The Morgan fingerprint density at radius 3 is 1.84 bits per heavy atom. The van der Waals surface area contributed by atoms with Crippen LogP contribution in [0.5, 0.6) is 0 Å². The summed E-state index contributed by atoms with van der Waals surface area (Å²) in [6.07, 6.45) is 25.3. The Balaban J connectivity index is 1.78. The maximum atomic E-state index is 9.43. The van der Waals surface area contributed by atoms with Gasteiger partial charge in [0.25, 0.3) is 0 Å². The summed E-state index contributed by atoms with van der Waals surface area (Å²) in [7, 11) is 0. The van der Waals surface area contributed by atoms with Gasteiger partial charge in [0.1, 0.15) is 6.10 Å². The molecule has 0 saturated carbocycles. The number of aliphatic hydroxyl groups is 1. The molecule has 0 aliphatic heterocycles. The highest BCUT2D eigenvalue weighted by atomic mass is 16.5. The highest BCUT2D eigenvalue weighted by molar-refractivity contribution is 5.06. The Hall–Kier alpha value is -0.970. The number of hydrogen-bond donors (Lipinski definition) is 1. The fraction of sp³-hybridized carbons (Fsp3) is 0.815. The number of hydrogen-bond acceptors (Lipinski definition) is 4. The van der Waals surface area contributed by atoms with Crippen LogP contribution in [0.2, 0.25) is 0 Å². The monoisotopic (exact) mass is 435 g/mol. The Labute approximate surface area is 192 Å². The predicted octanol–water partition coefficient (Wildman–Crippen LogP) is 7.24. The Morgan fingerprint density at radius 1 is 0.806 bits per heavy atom. The van der Waals surface area contributed by atoms with Crippen LogP contribution in [0.3, 0.4) is 0 Å². The van der Waals surface area contributed by atoms with Crippen molar-refractivity contribution in [3.63, 3.8) is 0 Å². The second-order valence-corrected chi connectivity index (χ2v) is 8.86. The number of pyridine rings is 1. The van der Waals surface area contributed by atoms with Crippen LogP contribution in [-0.2, 0) is 16.1 Å². The molecule has 0 bridgehead atoms. The van der Waals surface area contributed by atoms with E-state index in [9.17, 15) is 5.11 Å². The van der Waals surface area contributed by atoms with Crippen molar-refractivity contribution in [3.05, 3.63) is 30.1 Å². The summed E-state index contributed by atoms with van der Waals surface area (Å²) in [5, 5.41) is 9.43. The van der Waals surface area contributed by atoms with Crippen LogP contribution in [-0.4, -0.2) is 36.0 Å². The quantitative estimate of drug-likeness (QED) is 0.184. The largest absolute Gasteiger partial charge is 0.394 e. The van der Waals surface area contributed by atoms with Gasteiger partial charge in [0, 0.05) is 19.0 Å². The van der Waals surface area contributed by atoms with Gasteiger partial charge in [-0.2, -0.15) is 0 Å². The molecular formula is C27H49NO3. The third kappa shape index (κ3) is 18.3. The van der Waals surface area contributed by atoms with E-state index in [0.29, 0.717) is 13.2 Å². The minimum Gasteiger partial charge on any atom is -0.394 e. The van der Waals surface area contributed by atoms with Crippen LogP contribution < -0.4 is 0 Å². The molecule has 0 radical (unpaired) electrons. The van der Waals surface area contributed by atoms with Crippen LogP contribution in [0.25, 0.3) is 0 Å². The normalized spacial score (nSPS) is 12.3. The molecule has 31 heavy (non-hydrogen) atoms. The lowest BCUT2D eigenvalue weighted by atomic mass is 10.0. The first-order valence-electron chi connectivity index (χ1n) is 13.1. The average Bonchev–Trinajstić information content (AvgIpc) is 2.81. The van der Waals surface area contributed by atoms with Crippen molar-refractivity contribution in [3.8, 4) is 0 Å². The van der Waals surface area contributed by atoms with Crippen molar-refractivity contribution < 1.29 is 14.6 Å². The maximum absolute atomic E-state index is 9.43. The highest BCUT2D eigenvalue weighted by Gasteiger charge is 2.08. The van der Waals surface area contributed by atoms with E-state index in [1.165, 1.54) is 96.3 Å². The molecule has 0 aliphatic carbocycles. The van der Waals surface area contributed by atoms with Gasteiger partial charge >= 0.3 is 0 Å². The summed E-state index contributed by atoms with van der Waals surface area (Å²) < 4.78 is 11.4. The number of aromatic nitrogens is 1. The van der Waals surface area contributed by atoms with Gasteiger partial charge in [-0.15, -0.1) is 0 Å². The van der Waals surface area contributed by atoms with Gasteiger partial charge in [0.05, 0.1) is 19.8 Å². The molecule has 4 heteroatoms. The summed E-state index contributed by atoms with van der Waals surface area (Å²) in [5.74, 6) is 0. The molecule has 0 saturated heterocycles. The zero-order valence-corrected chi connectivity index (χ0v) is 20.2. The van der Waals surface area contributed by atoms with Crippen molar-refractivity contribution in [2.24, 2.45) is 0 Å². The van der Waals surface area contributed by atoms with Gasteiger partial charge in [-0.1, -0.05) is 109 Å². The molecule has 4 nitrogen and oxygen atoms in total. The van der Waals surface area contributed by atoms with Gasteiger partial charge in [-0.3, -0.25) is 4.98 Å². The Bertz CT molecular complexity index is 469. The molecule has 0 amide bonds. The van der Waals surface area contributed by atoms with Crippen LogP contribution >= 0.6 is 0 Å². The maximum Gasteiger partial charge on any atom is 0.104 e. The molecule has 0 spiro atoms. The van der Waals surface area contributed by atoms with Gasteiger partial charge in [-0.05, 0) is 18.1 Å². The van der Waals surface area contributed by atoms with Crippen molar-refractivity contribution in [1.82, 2.24) is 4.98 Å². The minimum absolute atomic E-state index is 0.0147. The second kappa shape index (κ2) is 22.2. The van der Waals surface area contributed by atoms with Gasteiger partial charge in [0.15, 0.2) is 0 Å². The predicted molar refractivity (Wildman–Crippen MR) is 130 cm³/mol. The third-order valence-electron chi connectivity index (χ3n) is 5.86. The molecular weight excluding hydrogens is 386 g/mol. The van der Waals surface area contributed by atoms with E-state index in [2.05, 4.69) is 11.9 Å². The summed E-state index contributed by atoms with van der Waals surface area (Å²) in [6, 6.07) is 3.86. The van der Waals surface area contributed by atoms with E-state index in [4.69, 9.17) is 9.47 Å². The average molecular weight is 436 g/mol. The fourth-order valence-corrected chi connectivity index (χ4v) is 3.82. The summed E-state index contributed by atoms with van der Waals surface area (Å²) in [6.45, 7) is 3.94. The van der Waals surface area contributed by atoms with Crippen molar-refractivity contribution in [2.75, 3.05) is 19.8 Å². The minimum atomic E-state index is -0.263. The van der Waals surface area contributed by atoms with E-state index in [0.717, 1.165) is 18.6 Å². The van der Waals surface area contributed by atoms with Gasteiger partial charge in [0.2, 0.25) is 0 Å². The number of ether oxygens (including phenoxy) is 2. The zero-order chi connectivity index (χ0) is 22.2. The van der Waals surface area contributed by atoms with Crippen LogP contribution in [0.15, 0.2) is 24.5 Å². The summed E-state index contributed by atoms with van der Waals surface area (Å²) in [4.78, 5) is 4.07.